The number of alkyl carbamates (subject to hydrolysis) is 1. The molecule has 3 aromatic carbocycles. The van der Waals surface area contributed by atoms with Crippen LogP contribution in [-0.2, 0) is 16.0 Å². The Hall–Kier alpha value is -4.13. The molecule has 0 bridgehead atoms. The molecule has 3 aromatic rings. The summed E-state index contributed by atoms with van der Waals surface area (Å²) in [5.74, 6) is -1.64. The van der Waals surface area contributed by atoms with Gasteiger partial charge in [-0.05, 0) is 46.4 Å². The molecule has 2 amide bonds. The van der Waals surface area contributed by atoms with Crippen LogP contribution in [0, 0.1) is 5.92 Å². The summed E-state index contributed by atoms with van der Waals surface area (Å²) in [5.41, 5.74) is 5.66. The molecule has 0 aromatic heterocycles. The number of carbonyl (C=O) groups excluding carboxylic acids is 2. The standard InChI is InChI=1S/C28H28N2O5/c1-18(26(31)29-14-13-19-7-6-8-20(15-19)27(32)33)16-30-28(34)35-17-25-23-11-4-2-9-21(23)22-10-3-5-12-24(22)25/h2-12,15,18,25H,13-14,16-17H2,1H3,(H,29,31)(H,30,34)(H,32,33). The molecule has 180 valence electrons. The van der Waals surface area contributed by atoms with Crippen LogP contribution in [0.4, 0.5) is 4.79 Å². The summed E-state index contributed by atoms with van der Waals surface area (Å²) in [5, 5.41) is 14.6. The van der Waals surface area contributed by atoms with Crippen molar-refractivity contribution in [2.75, 3.05) is 19.7 Å². The number of fused-ring (bicyclic) bond motifs is 3. The summed E-state index contributed by atoms with van der Waals surface area (Å²) in [6.07, 6.45) is -0.0451. The van der Waals surface area contributed by atoms with E-state index in [1.807, 2.05) is 30.3 Å². The van der Waals surface area contributed by atoms with Crippen LogP contribution in [0.2, 0.25) is 0 Å². The number of rotatable bonds is 9. The van der Waals surface area contributed by atoms with Crippen LogP contribution in [0.3, 0.4) is 0 Å². The summed E-state index contributed by atoms with van der Waals surface area (Å²) >= 11 is 0. The number of hydrogen-bond donors (Lipinski definition) is 3. The van der Waals surface area contributed by atoms with Gasteiger partial charge in [0.25, 0.3) is 0 Å². The maximum absolute atomic E-state index is 12.4. The first kappa shape index (κ1) is 24.0. The highest BCUT2D eigenvalue weighted by molar-refractivity contribution is 5.87. The second-order valence-corrected chi connectivity index (χ2v) is 8.65. The molecule has 1 aliphatic rings. The minimum absolute atomic E-state index is 0.0199. The summed E-state index contributed by atoms with van der Waals surface area (Å²) in [4.78, 5) is 35.8. The van der Waals surface area contributed by atoms with Gasteiger partial charge in [-0.2, -0.15) is 0 Å². The Morgan fingerprint density at radius 3 is 2.23 bits per heavy atom. The van der Waals surface area contributed by atoms with E-state index in [1.165, 1.54) is 6.07 Å². The Morgan fingerprint density at radius 2 is 1.57 bits per heavy atom. The number of carboxylic acid groups (broad SMARTS) is 1. The Kier molecular flexibility index (Phi) is 7.45. The molecule has 0 saturated heterocycles. The zero-order valence-electron chi connectivity index (χ0n) is 19.5. The van der Waals surface area contributed by atoms with Crippen molar-refractivity contribution in [2.45, 2.75) is 19.3 Å². The molecule has 0 saturated carbocycles. The first-order chi connectivity index (χ1) is 16.9. The van der Waals surface area contributed by atoms with Crippen molar-refractivity contribution in [1.82, 2.24) is 10.6 Å². The van der Waals surface area contributed by atoms with E-state index >= 15 is 0 Å². The zero-order valence-corrected chi connectivity index (χ0v) is 19.5. The number of carbonyl (C=O) groups is 3. The van der Waals surface area contributed by atoms with Gasteiger partial charge in [0.2, 0.25) is 5.91 Å². The molecule has 1 aliphatic carbocycles. The van der Waals surface area contributed by atoms with E-state index in [9.17, 15) is 14.4 Å². The number of benzene rings is 3. The highest BCUT2D eigenvalue weighted by atomic mass is 16.5. The lowest BCUT2D eigenvalue weighted by Crippen LogP contribution is -2.38. The van der Waals surface area contributed by atoms with Gasteiger partial charge in [-0.25, -0.2) is 9.59 Å². The van der Waals surface area contributed by atoms with Gasteiger partial charge in [0.05, 0.1) is 11.5 Å². The highest BCUT2D eigenvalue weighted by Crippen LogP contribution is 2.44. The van der Waals surface area contributed by atoms with Gasteiger partial charge in [0.15, 0.2) is 0 Å². The lowest BCUT2D eigenvalue weighted by molar-refractivity contribution is -0.124. The number of carboxylic acids is 1. The zero-order chi connectivity index (χ0) is 24.8. The van der Waals surface area contributed by atoms with Crippen LogP contribution in [-0.4, -0.2) is 42.8 Å². The minimum Gasteiger partial charge on any atom is -0.478 e. The second-order valence-electron chi connectivity index (χ2n) is 8.65. The van der Waals surface area contributed by atoms with E-state index in [-0.39, 0.29) is 30.5 Å². The first-order valence-electron chi connectivity index (χ1n) is 11.6. The number of aromatic carboxylic acids is 1. The van der Waals surface area contributed by atoms with Gasteiger partial charge >= 0.3 is 12.1 Å². The molecule has 0 spiro atoms. The van der Waals surface area contributed by atoms with Crippen molar-refractivity contribution in [3.8, 4) is 11.1 Å². The third-order valence-electron chi connectivity index (χ3n) is 6.23. The molecule has 0 aliphatic heterocycles. The smallest absolute Gasteiger partial charge is 0.407 e. The molecule has 1 unspecified atom stereocenters. The van der Waals surface area contributed by atoms with Crippen LogP contribution < -0.4 is 10.6 Å². The summed E-state index contributed by atoms with van der Waals surface area (Å²) in [6, 6.07) is 22.9. The first-order valence-corrected chi connectivity index (χ1v) is 11.6. The monoisotopic (exact) mass is 472 g/mol. The second kappa shape index (κ2) is 10.9. The van der Waals surface area contributed by atoms with Crippen LogP contribution in [0.15, 0.2) is 72.8 Å². The minimum atomic E-state index is -0.983. The predicted molar refractivity (Wildman–Crippen MR) is 132 cm³/mol. The van der Waals surface area contributed by atoms with Crippen LogP contribution >= 0.6 is 0 Å². The maximum Gasteiger partial charge on any atom is 0.407 e. The fraction of sp³-hybridized carbons (Fsp3) is 0.250. The lowest BCUT2D eigenvalue weighted by Gasteiger charge is -2.16. The van der Waals surface area contributed by atoms with Crippen molar-refractivity contribution in [2.24, 2.45) is 5.92 Å². The Bertz CT molecular complexity index is 1190. The number of hydrogen-bond acceptors (Lipinski definition) is 4. The van der Waals surface area contributed by atoms with Gasteiger partial charge in [-0.1, -0.05) is 67.6 Å². The van der Waals surface area contributed by atoms with Gasteiger partial charge < -0.3 is 20.5 Å². The molecule has 7 nitrogen and oxygen atoms in total. The van der Waals surface area contributed by atoms with E-state index in [0.717, 1.165) is 27.8 Å². The normalized spacial score (nSPS) is 12.8. The molecule has 0 radical (unpaired) electrons. The topological polar surface area (TPSA) is 105 Å². The quantitative estimate of drug-likeness (QED) is 0.433. The summed E-state index contributed by atoms with van der Waals surface area (Å²) < 4.78 is 5.51. The van der Waals surface area contributed by atoms with Crippen LogP contribution in [0.1, 0.15) is 39.9 Å². The molecule has 1 atom stereocenters. The Balaban J connectivity index is 1.21. The van der Waals surface area contributed by atoms with E-state index < -0.39 is 18.0 Å². The molecule has 0 heterocycles. The molecule has 35 heavy (non-hydrogen) atoms. The van der Waals surface area contributed by atoms with Crippen LogP contribution in [0.5, 0.6) is 0 Å². The van der Waals surface area contributed by atoms with E-state index in [4.69, 9.17) is 9.84 Å². The van der Waals surface area contributed by atoms with E-state index in [0.29, 0.717) is 13.0 Å². The van der Waals surface area contributed by atoms with Gasteiger partial charge in [-0.15, -0.1) is 0 Å². The number of nitrogens with one attached hydrogen (secondary N) is 2. The van der Waals surface area contributed by atoms with E-state index in [1.54, 1.807) is 19.1 Å². The number of ether oxygens (including phenoxy) is 1. The molecular formula is C28H28N2O5. The van der Waals surface area contributed by atoms with E-state index in [2.05, 4.69) is 34.9 Å². The van der Waals surface area contributed by atoms with Gasteiger partial charge in [-0.3, -0.25) is 4.79 Å². The third-order valence-corrected chi connectivity index (χ3v) is 6.23. The maximum atomic E-state index is 12.4. The Labute approximate surface area is 204 Å². The lowest BCUT2D eigenvalue weighted by atomic mass is 9.98. The average Bonchev–Trinajstić information content (AvgIpc) is 3.19. The number of amides is 2. The SMILES string of the molecule is CC(CNC(=O)OCC1c2ccccc2-c2ccccc21)C(=O)NCCc1cccc(C(=O)O)c1. The molecule has 0 fully saturated rings. The largest absolute Gasteiger partial charge is 0.478 e. The third kappa shape index (κ3) is 5.69. The van der Waals surface area contributed by atoms with Gasteiger partial charge in [0, 0.05) is 19.0 Å². The van der Waals surface area contributed by atoms with Crippen molar-refractivity contribution < 1.29 is 24.2 Å². The summed E-state index contributed by atoms with van der Waals surface area (Å²) in [6.45, 7) is 2.47. The molecular weight excluding hydrogens is 444 g/mol. The molecule has 3 N–H and O–H groups in total. The van der Waals surface area contributed by atoms with Crippen molar-refractivity contribution >= 4 is 18.0 Å². The summed E-state index contributed by atoms with van der Waals surface area (Å²) in [7, 11) is 0. The van der Waals surface area contributed by atoms with Crippen LogP contribution in [0.25, 0.3) is 11.1 Å². The van der Waals surface area contributed by atoms with Crippen molar-refractivity contribution in [1.29, 1.82) is 0 Å². The van der Waals surface area contributed by atoms with Gasteiger partial charge in [0.1, 0.15) is 6.61 Å². The highest BCUT2D eigenvalue weighted by Gasteiger charge is 2.29. The van der Waals surface area contributed by atoms with Crippen molar-refractivity contribution in [3.63, 3.8) is 0 Å². The van der Waals surface area contributed by atoms with Crippen molar-refractivity contribution in [3.05, 3.63) is 95.1 Å². The molecule has 7 heteroatoms. The Morgan fingerprint density at radius 1 is 0.914 bits per heavy atom. The predicted octanol–water partition coefficient (Wildman–Crippen LogP) is 4.22. The molecule has 4 rings (SSSR count). The average molecular weight is 473 g/mol. The fourth-order valence-electron chi connectivity index (χ4n) is 4.34. The fourth-order valence-corrected chi connectivity index (χ4v) is 4.34.